The van der Waals surface area contributed by atoms with Gasteiger partial charge in [0, 0.05) is 0 Å². The summed E-state index contributed by atoms with van der Waals surface area (Å²) in [6.45, 7) is 0.134. The third-order valence-electron chi connectivity index (χ3n) is 2.92. The van der Waals surface area contributed by atoms with Crippen molar-refractivity contribution in [1.29, 1.82) is 0 Å². The van der Waals surface area contributed by atoms with E-state index in [0.29, 0.717) is 21.5 Å². The topological polar surface area (TPSA) is 74.3 Å². The van der Waals surface area contributed by atoms with Crippen molar-refractivity contribution in [2.24, 2.45) is 0 Å². The average Bonchev–Trinajstić information content (AvgIpc) is 3.10. The van der Waals surface area contributed by atoms with Gasteiger partial charge in [-0.25, -0.2) is 9.78 Å². The van der Waals surface area contributed by atoms with Gasteiger partial charge < -0.3 is 9.15 Å². The van der Waals surface area contributed by atoms with Gasteiger partial charge in [-0.3, -0.25) is 9.36 Å². The Balaban J connectivity index is 2.02. The number of aromatic nitrogens is 2. The molecule has 0 fully saturated rings. The summed E-state index contributed by atoms with van der Waals surface area (Å²) in [5.74, 6) is -0.123. The lowest BCUT2D eigenvalue weighted by Gasteiger charge is -2.04. The van der Waals surface area contributed by atoms with Crippen LogP contribution in [-0.2, 0) is 11.3 Å². The lowest BCUT2D eigenvalue weighted by atomic mass is 10.2. The Labute approximate surface area is 117 Å². The zero-order valence-corrected chi connectivity index (χ0v) is 11.3. The number of fused-ring (bicyclic) bond motifs is 1. The van der Waals surface area contributed by atoms with Crippen LogP contribution >= 0.6 is 11.3 Å². The largest absolute Gasteiger partial charge is 0.467 e. The maximum atomic E-state index is 12.2. The number of hydrogen-bond acceptors (Lipinski definition) is 6. The first-order valence-electron chi connectivity index (χ1n) is 5.78. The molecule has 0 radical (unpaired) electrons. The molecule has 3 aromatic heterocycles. The van der Waals surface area contributed by atoms with Crippen molar-refractivity contribution in [3.8, 4) is 0 Å². The van der Waals surface area contributed by atoms with E-state index in [9.17, 15) is 9.59 Å². The van der Waals surface area contributed by atoms with Crippen LogP contribution < -0.4 is 5.56 Å². The van der Waals surface area contributed by atoms with E-state index in [0.717, 1.165) is 0 Å². The maximum absolute atomic E-state index is 12.2. The number of hydrogen-bond donors (Lipinski definition) is 0. The van der Waals surface area contributed by atoms with E-state index >= 15 is 0 Å². The van der Waals surface area contributed by atoms with Crippen molar-refractivity contribution in [2.75, 3.05) is 7.11 Å². The van der Waals surface area contributed by atoms with Crippen molar-refractivity contribution in [3.63, 3.8) is 0 Å². The summed E-state index contributed by atoms with van der Waals surface area (Å²) in [4.78, 5) is 28.7. The quantitative estimate of drug-likeness (QED) is 0.689. The second-order valence-electron chi connectivity index (χ2n) is 4.07. The Morgan fingerprint density at radius 3 is 3.15 bits per heavy atom. The second-order valence-corrected chi connectivity index (χ2v) is 4.96. The van der Waals surface area contributed by atoms with Gasteiger partial charge in [0.1, 0.15) is 16.2 Å². The maximum Gasteiger partial charge on any atom is 0.341 e. The lowest BCUT2D eigenvalue weighted by molar-refractivity contribution is 0.0598. The molecular weight excluding hydrogens is 280 g/mol. The molecule has 0 unspecified atom stereocenters. The highest BCUT2D eigenvalue weighted by Gasteiger charge is 2.16. The number of carbonyl (C=O) groups is 1. The molecule has 0 saturated heterocycles. The van der Waals surface area contributed by atoms with Crippen LogP contribution in [0.5, 0.6) is 0 Å². The number of carbonyl (C=O) groups excluding carboxylic acids is 1. The third kappa shape index (κ3) is 2.01. The molecule has 0 atom stereocenters. The summed E-state index contributed by atoms with van der Waals surface area (Å²) in [5, 5.41) is 2.37. The van der Waals surface area contributed by atoms with Gasteiger partial charge in [-0.2, -0.15) is 0 Å². The van der Waals surface area contributed by atoms with Gasteiger partial charge in [-0.05, 0) is 17.5 Å². The van der Waals surface area contributed by atoms with E-state index in [-0.39, 0.29) is 12.1 Å². The van der Waals surface area contributed by atoms with Gasteiger partial charge >= 0.3 is 5.97 Å². The monoisotopic (exact) mass is 290 g/mol. The molecule has 0 bridgehead atoms. The van der Waals surface area contributed by atoms with Crippen LogP contribution in [0.15, 0.2) is 39.3 Å². The highest BCUT2D eigenvalue weighted by atomic mass is 32.1. The summed E-state index contributed by atoms with van der Waals surface area (Å²) in [6.07, 6.45) is 2.84. The molecule has 6 nitrogen and oxygen atoms in total. The lowest BCUT2D eigenvalue weighted by Crippen LogP contribution is -2.21. The van der Waals surface area contributed by atoms with Crippen LogP contribution in [-0.4, -0.2) is 22.6 Å². The molecule has 20 heavy (non-hydrogen) atoms. The van der Waals surface area contributed by atoms with Crippen molar-refractivity contribution in [3.05, 3.63) is 51.8 Å². The molecule has 7 heteroatoms. The molecule has 0 aromatic carbocycles. The van der Waals surface area contributed by atoms with Crippen LogP contribution in [0.2, 0.25) is 0 Å². The first kappa shape index (κ1) is 12.6. The van der Waals surface area contributed by atoms with Gasteiger partial charge in [0.25, 0.3) is 5.56 Å². The van der Waals surface area contributed by atoms with Crippen LogP contribution in [0.3, 0.4) is 0 Å². The zero-order chi connectivity index (χ0) is 14.1. The van der Waals surface area contributed by atoms with E-state index in [4.69, 9.17) is 4.42 Å². The van der Waals surface area contributed by atoms with Crippen LogP contribution in [0, 0.1) is 0 Å². The van der Waals surface area contributed by atoms with Gasteiger partial charge in [-0.15, -0.1) is 11.3 Å². The summed E-state index contributed by atoms with van der Waals surface area (Å²) in [6, 6.07) is 3.25. The Morgan fingerprint density at radius 2 is 2.35 bits per heavy atom. The van der Waals surface area contributed by atoms with Crippen molar-refractivity contribution in [2.45, 2.75) is 6.54 Å². The molecule has 0 spiro atoms. The van der Waals surface area contributed by atoms with Gasteiger partial charge in [0.05, 0.1) is 31.6 Å². The molecule has 3 aromatic rings. The number of furan rings is 1. The SMILES string of the molecule is COC(=O)c1ccoc1Cn1cnc2sccc2c1=O. The first-order valence-corrected chi connectivity index (χ1v) is 6.66. The standard InChI is InChI=1S/C13H10N2O4S/c1-18-13(17)8-2-4-19-10(8)6-15-7-14-11-9(12(15)16)3-5-20-11/h2-5,7H,6H2,1H3. The smallest absolute Gasteiger partial charge is 0.341 e. The molecule has 0 amide bonds. The minimum Gasteiger partial charge on any atom is -0.467 e. The number of ether oxygens (including phenoxy) is 1. The molecule has 3 heterocycles. The van der Waals surface area contributed by atoms with Gasteiger partial charge in [0.15, 0.2) is 0 Å². The second kappa shape index (κ2) is 4.93. The summed E-state index contributed by atoms with van der Waals surface area (Å²) >= 11 is 1.41. The highest BCUT2D eigenvalue weighted by molar-refractivity contribution is 7.16. The summed E-state index contributed by atoms with van der Waals surface area (Å²) in [5.41, 5.74) is 0.147. The van der Waals surface area contributed by atoms with Crippen molar-refractivity contribution >= 4 is 27.5 Å². The molecular formula is C13H10N2O4S. The molecule has 102 valence electrons. The number of methoxy groups -OCH3 is 1. The summed E-state index contributed by atoms with van der Waals surface area (Å²) < 4.78 is 11.3. The highest BCUT2D eigenvalue weighted by Crippen LogP contribution is 2.16. The molecule has 0 N–H and O–H groups in total. The van der Waals surface area contributed by atoms with Crippen molar-refractivity contribution in [1.82, 2.24) is 9.55 Å². The van der Waals surface area contributed by atoms with E-state index in [1.807, 2.05) is 5.38 Å². The Kier molecular flexibility index (Phi) is 3.11. The van der Waals surface area contributed by atoms with Gasteiger partial charge in [-0.1, -0.05) is 0 Å². The molecule has 0 aliphatic carbocycles. The summed E-state index contributed by atoms with van der Waals surface area (Å²) in [7, 11) is 1.30. The Bertz CT molecular complexity index is 830. The fourth-order valence-corrected chi connectivity index (χ4v) is 2.64. The zero-order valence-electron chi connectivity index (χ0n) is 10.5. The Hall–Kier alpha value is -2.41. The molecule has 3 rings (SSSR count). The van der Waals surface area contributed by atoms with Crippen LogP contribution in [0.25, 0.3) is 10.2 Å². The van der Waals surface area contributed by atoms with Crippen molar-refractivity contribution < 1.29 is 13.9 Å². The minimum absolute atomic E-state index is 0.134. The Morgan fingerprint density at radius 1 is 1.50 bits per heavy atom. The minimum atomic E-state index is -0.494. The van der Waals surface area contributed by atoms with E-state index < -0.39 is 5.97 Å². The third-order valence-corrected chi connectivity index (χ3v) is 3.74. The van der Waals surface area contributed by atoms with E-state index in [1.165, 1.54) is 41.7 Å². The van der Waals surface area contributed by atoms with Crippen LogP contribution in [0.4, 0.5) is 0 Å². The predicted molar refractivity (Wildman–Crippen MR) is 73.0 cm³/mol. The fourth-order valence-electron chi connectivity index (χ4n) is 1.92. The van der Waals surface area contributed by atoms with Gasteiger partial charge in [0.2, 0.25) is 0 Å². The number of thiophene rings is 1. The molecule has 0 aliphatic heterocycles. The molecule has 0 aliphatic rings. The van der Waals surface area contributed by atoms with E-state index in [2.05, 4.69) is 9.72 Å². The fraction of sp³-hybridized carbons (Fsp3) is 0.154. The molecule has 0 saturated carbocycles. The number of nitrogens with zero attached hydrogens (tertiary/aromatic N) is 2. The predicted octanol–water partition coefficient (Wildman–Crippen LogP) is 1.89. The number of esters is 1. The first-order chi connectivity index (χ1) is 9.70. The van der Waals surface area contributed by atoms with E-state index in [1.54, 1.807) is 6.07 Å². The normalized spacial score (nSPS) is 10.8. The number of rotatable bonds is 3. The average molecular weight is 290 g/mol. The van der Waals surface area contributed by atoms with Crippen LogP contribution in [0.1, 0.15) is 16.1 Å².